The molecule has 0 unspecified atom stereocenters. The molecule has 0 amide bonds. The SMILES string of the molecule is OCc1c(F)cccc1Oc1cc(F)cc(Br)c1. The summed E-state index contributed by atoms with van der Waals surface area (Å²) in [6.07, 6.45) is 0. The van der Waals surface area contributed by atoms with Crippen molar-refractivity contribution in [3.8, 4) is 11.5 Å². The third kappa shape index (κ3) is 2.86. The van der Waals surface area contributed by atoms with E-state index in [2.05, 4.69) is 15.9 Å². The Hall–Kier alpha value is -1.46. The summed E-state index contributed by atoms with van der Waals surface area (Å²) in [7, 11) is 0. The van der Waals surface area contributed by atoms with E-state index in [9.17, 15) is 8.78 Å². The third-order valence-corrected chi connectivity index (χ3v) is 2.76. The topological polar surface area (TPSA) is 29.5 Å². The fourth-order valence-corrected chi connectivity index (χ4v) is 1.95. The van der Waals surface area contributed by atoms with E-state index in [1.807, 2.05) is 0 Å². The van der Waals surface area contributed by atoms with Crippen LogP contribution in [0.5, 0.6) is 11.5 Å². The van der Waals surface area contributed by atoms with Gasteiger partial charge >= 0.3 is 0 Å². The van der Waals surface area contributed by atoms with Crippen LogP contribution >= 0.6 is 15.9 Å². The van der Waals surface area contributed by atoms with Gasteiger partial charge in [-0.05, 0) is 24.3 Å². The summed E-state index contributed by atoms with van der Waals surface area (Å²) in [6.45, 7) is -0.488. The van der Waals surface area contributed by atoms with Crippen LogP contribution < -0.4 is 4.74 Å². The Morgan fingerprint density at radius 3 is 2.61 bits per heavy atom. The van der Waals surface area contributed by atoms with Crippen LogP contribution in [0.4, 0.5) is 8.78 Å². The van der Waals surface area contributed by atoms with Crippen molar-refractivity contribution in [2.75, 3.05) is 0 Å². The second kappa shape index (κ2) is 5.46. The minimum atomic E-state index is -0.564. The van der Waals surface area contributed by atoms with Crippen LogP contribution in [0.15, 0.2) is 40.9 Å². The first-order valence-electron chi connectivity index (χ1n) is 5.12. The van der Waals surface area contributed by atoms with Crippen LogP contribution in [0.2, 0.25) is 0 Å². The Morgan fingerprint density at radius 2 is 1.94 bits per heavy atom. The second-order valence-electron chi connectivity index (χ2n) is 3.58. The van der Waals surface area contributed by atoms with Gasteiger partial charge in [-0.2, -0.15) is 0 Å². The molecule has 18 heavy (non-hydrogen) atoms. The van der Waals surface area contributed by atoms with E-state index in [4.69, 9.17) is 9.84 Å². The summed E-state index contributed by atoms with van der Waals surface area (Å²) in [5, 5.41) is 9.08. The van der Waals surface area contributed by atoms with Crippen LogP contribution in [-0.2, 0) is 6.61 Å². The molecule has 0 spiro atoms. The molecular weight excluding hydrogens is 306 g/mol. The minimum Gasteiger partial charge on any atom is -0.457 e. The molecule has 0 atom stereocenters. The zero-order valence-corrected chi connectivity index (χ0v) is 10.7. The summed E-state index contributed by atoms with van der Waals surface area (Å²) < 4.78 is 32.4. The van der Waals surface area contributed by atoms with Crippen LogP contribution in [0.25, 0.3) is 0 Å². The number of rotatable bonds is 3. The standard InChI is InChI=1S/C13H9BrF2O2/c14-8-4-9(15)6-10(5-8)18-13-3-1-2-12(16)11(13)7-17/h1-6,17H,7H2. The van der Waals surface area contributed by atoms with Gasteiger partial charge in [0.1, 0.15) is 23.1 Å². The van der Waals surface area contributed by atoms with Crippen molar-refractivity contribution < 1.29 is 18.6 Å². The second-order valence-corrected chi connectivity index (χ2v) is 4.50. The van der Waals surface area contributed by atoms with Gasteiger partial charge in [-0.1, -0.05) is 22.0 Å². The maximum Gasteiger partial charge on any atom is 0.135 e. The van der Waals surface area contributed by atoms with E-state index in [0.29, 0.717) is 4.47 Å². The first-order valence-corrected chi connectivity index (χ1v) is 5.91. The van der Waals surface area contributed by atoms with Gasteiger partial charge in [-0.25, -0.2) is 8.78 Å². The van der Waals surface area contributed by atoms with Gasteiger partial charge in [0.05, 0.1) is 12.2 Å². The normalized spacial score (nSPS) is 10.4. The number of ether oxygens (including phenoxy) is 1. The molecular formula is C13H9BrF2O2. The Bertz CT molecular complexity index is 553. The molecule has 0 saturated carbocycles. The van der Waals surface area contributed by atoms with Crippen molar-refractivity contribution in [3.63, 3.8) is 0 Å². The molecule has 0 aliphatic carbocycles. The monoisotopic (exact) mass is 314 g/mol. The highest BCUT2D eigenvalue weighted by molar-refractivity contribution is 9.10. The van der Waals surface area contributed by atoms with Crippen LogP contribution in [0.1, 0.15) is 5.56 Å². The molecule has 0 aromatic heterocycles. The highest BCUT2D eigenvalue weighted by Gasteiger charge is 2.10. The molecule has 0 radical (unpaired) electrons. The average molecular weight is 315 g/mol. The van der Waals surface area contributed by atoms with Crippen molar-refractivity contribution in [2.45, 2.75) is 6.61 Å². The number of halogens is 3. The van der Waals surface area contributed by atoms with Gasteiger partial charge in [0.25, 0.3) is 0 Å². The molecule has 94 valence electrons. The Labute approximate surface area is 111 Å². The van der Waals surface area contributed by atoms with Gasteiger partial charge in [-0.15, -0.1) is 0 Å². The summed E-state index contributed by atoms with van der Waals surface area (Å²) in [5.74, 6) is -0.649. The van der Waals surface area contributed by atoms with Gasteiger partial charge < -0.3 is 9.84 Å². The molecule has 2 aromatic rings. The smallest absolute Gasteiger partial charge is 0.135 e. The van der Waals surface area contributed by atoms with Gasteiger partial charge in [0.15, 0.2) is 0 Å². The molecule has 0 heterocycles. The highest BCUT2D eigenvalue weighted by atomic mass is 79.9. The molecule has 0 fully saturated rings. The van der Waals surface area contributed by atoms with E-state index in [1.165, 1.54) is 30.3 Å². The molecule has 2 aromatic carbocycles. The lowest BCUT2D eigenvalue weighted by molar-refractivity contribution is 0.270. The number of hydrogen-bond donors (Lipinski definition) is 1. The lowest BCUT2D eigenvalue weighted by atomic mass is 10.2. The largest absolute Gasteiger partial charge is 0.457 e. The first-order chi connectivity index (χ1) is 8.60. The van der Waals surface area contributed by atoms with Crippen molar-refractivity contribution in [2.24, 2.45) is 0 Å². The van der Waals surface area contributed by atoms with Gasteiger partial charge in [0.2, 0.25) is 0 Å². The Kier molecular flexibility index (Phi) is 3.93. The quantitative estimate of drug-likeness (QED) is 0.927. The van der Waals surface area contributed by atoms with E-state index in [0.717, 1.165) is 0 Å². The zero-order chi connectivity index (χ0) is 13.1. The summed E-state index contributed by atoms with van der Waals surface area (Å²) in [6, 6.07) is 8.20. The molecule has 2 nitrogen and oxygen atoms in total. The van der Waals surface area contributed by atoms with Gasteiger partial charge in [0, 0.05) is 10.5 Å². The third-order valence-electron chi connectivity index (χ3n) is 2.30. The van der Waals surface area contributed by atoms with Crippen molar-refractivity contribution >= 4 is 15.9 Å². The van der Waals surface area contributed by atoms with Gasteiger partial charge in [-0.3, -0.25) is 0 Å². The molecule has 0 aliphatic heterocycles. The minimum absolute atomic E-state index is 0.0397. The Morgan fingerprint density at radius 1 is 1.17 bits per heavy atom. The number of benzene rings is 2. The summed E-state index contributed by atoms with van der Waals surface area (Å²) in [4.78, 5) is 0. The molecule has 0 saturated heterocycles. The van der Waals surface area contributed by atoms with Crippen LogP contribution in [0, 0.1) is 11.6 Å². The van der Waals surface area contributed by atoms with Crippen LogP contribution in [-0.4, -0.2) is 5.11 Å². The Balaban J connectivity index is 2.36. The zero-order valence-electron chi connectivity index (χ0n) is 9.16. The van der Waals surface area contributed by atoms with E-state index < -0.39 is 18.2 Å². The van der Waals surface area contributed by atoms with E-state index >= 15 is 0 Å². The molecule has 0 aliphatic rings. The van der Waals surface area contributed by atoms with E-state index in [-0.39, 0.29) is 17.1 Å². The fourth-order valence-electron chi connectivity index (χ4n) is 1.50. The van der Waals surface area contributed by atoms with Crippen molar-refractivity contribution in [1.29, 1.82) is 0 Å². The average Bonchev–Trinajstić information content (AvgIpc) is 2.27. The molecule has 5 heteroatoms. The summed E-state index contributed by atoms with van der Waals surface area (Å²) >= 11 is 3.13. The van der Waals surface area contributed by atoms with E-state index in [1.54, 1.807) is 6.07 Å². The maximum absolute atomic E-state index is 13.4. The fraction of sp³-hybridized carbons (Fsp3) is 0.0769. The highest BCUT2D eigenvalue weighted by Crippen LogP contribution is 2.29. The molecule has 2 rings (SSSR count). The molecule has 0 bridgehead atoms. The van der Waals surface area contributed by atoms with Crippen molar-refractivity contribution in [3.05, 3.63) is 58.1 Å². The number of aliphatic hydroxyl groups excluding tert-OH is 1. The van der Waals surface area contributed by atoms with Crippen LogP contribution in [0.3, 0.4) is 0 Å². The lowest BCUT2D eigenvalue weighted by Gasteiger charge is -2.10. The maximum atomic E-state index is 13.4. The molecule has 1 N–H and O–H groups in total. The number of aliphatic hydroxyl groups is 1. The summed E-state index contributed by atoms with van der Waals surface area (Å²) in [5.41, 5.74) is 0.0397. The van der Waals surface area contributed by atoms with Crippen molar-refractivity contribution in [1.82, 2.24) is 0 Å². The first kappa shape index (κ1) is 13.0. The predicted octanol–water partition coefficient (Wildman–Crippen LogP) is 4.01. The predicted molar refractivity (Wildman–Crippen MR) is 66.5 cm³/mol. The number of hydrogen-bond acceptors (Lipinski definition) is 2. The lowest BCUT2D eigenvalue weighted by Crippen LogP contribution is -1.95.